The molecule has 0 aliphatic carbocycles. The summed E-state index contributed by atoms with van der Waals surface area (Å²) in [5, 5.41) is 0. The molecule has 1 rings (SSSR count). The molecule has 1 aliphatic rings. The summed E-state index contributed by atoms with van der Waals surface area (Å²) in [6, 6.07) is 0. The minimum atomic E-state index is -0.0498. The largest absolute Gasteiger partial charge is 0.298 e. The summed E-state index contributed by atoms with van der Waals surface area (Å²) >= 11 is 1.38. The van der Waals surface area contributed by atoms with Crippen LogP contribution in [0, 0.1) is 6.42 Å². The van der Waals surface area contributed by atoms with Crippen molar-refractivity contribution in [3.63, 3.8) is 0 Å². The Hall–Kier alpha value is -0.310. The maximum absolute atomic E-state index is 10.4. The van der Waals surface area contributed by atoms with Crippen LogP contribution >= 0.6 is 11.8 Å². The van der Waals surface area contributed by atoms with Gasteiger partial charge in [0.15, 0.2) is 11.6 Å². The molecule has 0 bridgehead atoms. The molecule has 0 spiro atoms. The van der Waals surface area contributed by atoms with Gasteiger partial charge in [-0.2, -0.15) is 0 Å². The number of hydrogen-bond donors (Lipinski definition) is 0. The van der Waals surface area contributed by atoms with Crippen molar-refractivity contribution in [1.29, 1.82) is 0 Å². The van der Waals surface area contributed by atoms with E-state index in [1.807, 2.05) is 0 Å². The van der Waals surface area contributed by atoms with Crippen molar-refractivity contribution in [2.45, 2.75) is 0 Å². The van der Waals surface area contributed by atoms with Crippen LogP contribution in [0.25, 0.3) is 0 Å². The standard InChI is InChI=1S/C5H5O2S/c6-4-1-5(7)3-8-2-4/h1H,2-3H2. The average molecular weight is 129 g/mol. The molecular formula is C5H5O2S. The van der Waals surface area contributed by atoms with E-state index in [-0.39, 0.29) is 11.6 Å². The average Bonchev–Trinajstić information content (AvgIpc) is 1.64. The van der Waals surface area contributed by atoms with Gasteiger partial charge in [0, 0.05) is 0 Å². The maximum Gasteiger partial charge on any atom is 0.154 e. The smallest absolute Gasteiger partial charge is 0.154 e. The van der Waals surface area contributed by atoms with Gasteiger partial charge in [-0.15, -0.1) is 11.8 Å². The summed E-state index contributed by atoms with van der Waals surface area (Å²) in [6.07, 6.45) is 1.18. The summed E-state index contributed by atoms with van der Waals surface area (Å²) in [5.41, 5.74) is 0. The Morgan fingerprint density at radius 2 is 1.75 bits per heavy atom. The summed E-state index contributed by atoms with van der Waals surface area (Å²) in [7, 11) is 0. The molecule has 2 nitrogen and oxygen atoms in total. The molecule has 3 heteroatoms. The van der Waals surface area contributed by atoms with Crippen LogP contribution in [0.2, 0.25) is 0 Å². The Kier molecular flexibility index (Phi) is 1.68. The van der Waals surface area contributed by atoms with E-state index in [1.165, 1.54) is 18.2 Å². The van der Waals surface area contributed by atoms with Crippen LogP contribution < -0.4 is 0 Å². The fourth-order valence-electron chi connectivity index (χ4n) is 0.515. The zero-order valence-electron chi connectivity index (χ0n) is 4.22. The first-order chi connectivity index (χ1) is 3.79. The molecule has 43 valence electrons. The lowest BCUT2D eigenvalue weighted by molar-refractivity contribution is -0.119. The second-order valence-corrected chi connectivity index (χ2v) is 2.56. The molecule has 0 unspecified atom stereocenters. The predicted molar refractivity (Wildman–Crippen MR) is 31.6 cm³/mol. The van der Waals surface area contributed by atoms with Gasteiger partial charge in [-0.25, -0.2) is 0 Å². The van der Waals surface area contributed by atoms with Gasteiger partial charge in [-0.3, -0.25) is 9.59 Å². The van der Waals surface area contributed by atoms with Crippen molar-refractivity contribution < 1.29 is 9.59 Å². The van der Waals surface area contributed by atoms with E-state index >= 15 is 0 Å². The molecule has 0 atom stereocenters. The first-order valence-corrected chi connectivity index (χ1v) is 3.42. The monoisotopic (exact) mass is 129 g/mol. The van der Waals surface area contributed by atoms with Crippen LogP contribution in [0.1, 0.15) is 0 Å². The second-order valence-electron chi connectivity index (χ2n) is 1.57. The molecule has 8 heavy (non-hydrogen) atoms. The van der Waals surface area contributed by atoms with Crippen LogP contribution in [0.15, 0.2) is 0 Å². The summed E-state index contributed by atoms with van der Waals surface area (Å²) in [5.74, 6) is 0.856. The van der Waals surface area contributed by atoms with Gasteiger partial charge in [-0.1, -0.05) is 0 Å². The lowest BCUT2D eigenvalue weighted by Gasteiger charge is -2.04. The molecule has 1 aliphatic heterocycles. The molecule has 1 saturated heterocycles. The molecule has 0 aromatic carbocycles. The van der Waals surface area contributed by atoms with Crippen molar-refractivity contribution in [1.82, 2.24) is 0 Å². The Labute approximate surface area is 51.6 Å². The Balaban J connectivity index is 2.45. The van der Waals surface area contributed by atoms with Crippen LogP contribution in [0.3, 0.4) is 0 Å². The fraction of sp³-hybridized carbons (Fsp3) is 0.400. The van der Waals surface area contributed by atoms with Crippen LogP contribution in [-0.2, 0) is 9.59 Å². The highest BCUT2D eigenvalue weighted by molar-refractivity contribution is 8.00. The van der Waals surface area contributed by atoms with Crippen molar-refractivity contribution in [2.75, 3.05) is 11.5 Å². The molecule has 1 radical (unpaired) electrons. The minimum Gasteiger partial charge on any atom is -0.298 e. The van der Waals surface area contributed by atoms with Crippen molar-refractivity contribution in [3.8, 4) is 0 Å². The third-order valence-electron chi connectivity index (χ3n) is 0.811. The van der Waals surface area contributed by atoms with Gasteiger partial charge in [0.2, 0.25) is 0 Å². The van der Waals surface area contributed by atoms with Crippen LogP contribution in [-0.4, -0.2) is 23.1 Å². The Morgan fingerprint density at radius 3 is 2.00 bits per heavy atom. The molecule has 0 aromatic heterocycles. The van der Waals surface area contributed by atoms with Crippen molar-refractivity contribution >= 4 is 23.3 Å². The molecule has 0 N–H and O–H groups in total. The van der Waals surface area contributed by atoms with Crippen LogP contribution in [0.4, 0.5) is 0 Å². The topological polar surface area (TPSA) is 34.1 Å². The first-order valence-electron chi connectivity index (χ1n) is 2.27. The SMILES string of the molecule is O=C1[CH]C(=O)CSC1. The lowest BCUT2D eigenvalue weighted by atomic mass is 10.2. The zero-order chi connectivity index (χ0) is 5.98. The number of Topliss-reactive ketones (excluding diaryl/α,β-unsaturated/α-hetero) is 2. The molecule has 1 fully saturated rings. The Morgan fingerprint density at radius 1 is 1.25 bits per heavy atom. The van der Waals surface area contributed by atoms with Gasteiger partial charge < -0.3 is 0 Å². The minimum absolute atomic E-state index is 0.0498. The predicted octanol–water partition coefficient (Wildman–Crippen LogP) is 0.0757. The Bertz CT molecular complexity index is 116. The highest BCUT2D eigenvalue weighted by Crippen LogP contribution is 2.08. The molecule has 1 heterocycles. The van der Waals surface area contributed by atoms with E-state index in [9.17, 15) is 9.59 Å². The highest BCUT2D eigenvalue weighted by atomic mass is 32.2. The number of carbonyl (C=O) groups is 2. The van der Waals surface area contributed by atoms with Gasteiger partial charge in [0.05, 0.1) is 17.9 Å². The maximum atomic E-state index is 10.4. The number of thioether (sulfide) groups is 1. The van der Waals surface area contributed by atoms with E-state index in [1.54, 1.807) is 0 Å². The van der Waals surface area contributed by atoms with Gasteiger partial charge >= 0.3 is 0 Å². The van der Waals surface area contributed by atoms with Crippen molar-refractivity contribution in [2.24, 2.45) is 0 Å². The van der Waals surface area contributed by atoms with E-state index in [4.69, 9.17) is 0 Å². The number of rotatable bonds is 0. The van der Waals surface area contributed by atoms with E-state index in [0.717, 1.165) is 0 Å². The first kappa shape index (κ1) is 5.82. The number of hydrogen-bond acceptors (Lipinski definition) is 3. The molecule has 0 amide bonds. The number of ketones is 2. The number of carbonyl (C=O) groups excluding carboxylic acids is 2. The zero-order valence-corrected chi connectivity index (χ0v) is 5.03. The highest BCUT2D eigenvalue weighted by Gasteiger charge is 2.15. The van der Waals surface area contributed by atoms with E-state index in [2.05, 4.69) is 0 Å². The van der Waals surface area contributed by atoms with Gasteiger partial charge in [0.25, 0.3) is 0 Å². The lowest BCUT2D eigenvalue weighted by Crippen LogP contribution is -2.19. The summed E-state index contributed by atoms with van der Waals surface area (Å²) in [6.45, 7) is 0. The van der Waals surface area contributed by atoms with E-state index < -0.39 is 0 Å². The third kappa shape index (κ3) is 1.33. The van der Waals surface area contributed by atoms with Gasteiger partial charge in [-0.05, 0) is 0 Å². The van der Waals surface area contributed by atoms with Gasteiger partial charge in [0.1, 0.15) is 0 Å². The third-order valence-corrected chi connectivity index (χ3v) is 1.79. The summed E-state index contributed by atoms with van der Waals surface area (Å²) < 4.78 is 0. The van der Waals surface area contributed by atoms with E-state index in [0.29, 0.717) is 11.5 Å². The fourth-order valence-corrected chi connectivity index (χ4v) is 1.19. The molecular weight excluding hydrogens is 124 g/mol. The molecule has 0 aromatic rings. The molecule has 0 saturated carbocycles. The quantitative estimate of drug-likeness (QED) is 0.464. The summed E-state index contributed by atoms with van der Waals surface area (Å²) in [4.78, 5) is 20.8. The second kappa shape index (κ2) is 2.31. The van der Waals surface area contributed by atoms with Crippen LogP contribution in [0.5, 0.6) is 0 Å². The normalized spacial score (nSPS) is 21.5. The van der Waals surface area contributed by atoms with Crippen molar-refractivity contribution in [3.05, 3.63) is 6.42 Å².